The Balaban J connectivity index is 1.38. The van der Waals surface area contributed by atoms with E-state index in [9.17, 15) is 9.00 Å². The van der Waals surface area contributed by atoms with Crippen molar-refractivity contribution >= 4 is 40.0 Å². The van der Waals surface area contributed by atoms with Gasteiger partial charge in [-0.1, -0.05) is 43.1 Å². The van der Waals surface area contributed by atoms with Crippen LogP contribution >= 0.6 is 11.6 Å². The van der Waals surface area contributed by atoms with E-state index in [1.807, 2.05) is 39.2 Å². The average Bonchev–Trinajstić information content (AvgIpc) is 3.35. The number of rotatable bonds is 3. The number of hydrogen-bond acceptors (Lipinski definition) is 7. The molecule has 1 fully saturated rings. The van der Waals surface area contributed by atoms with Crippen molar-refractivity contribution in [2.45, 2.75) is 88.9 Å². The molecule has 8 nitrogen and oxygen atoms in total. The second kappa shape index (κ2) is 13.8. The number of oxime groups is 1. The van der Waals surface area contributed by atoms with Gasteiger partial charge in [0.1, 0.15) is 28.2 Å². The zero-order valence-electron chi connectivity index (χ0n) is 27.9. The fourth-order valence-electron chi connectivity index (χ4n) is 7.86. The highest BCUT2D eigenvalue weighted by Crippen LogP contribution is 2.51. The molecule has 46 heavy (non-hydrogen) atoms. The summed E-state index contributed by atoms with van der Waals surface area (Å²) in [4.78, 5) is 24.5. The van der Waals surface area contributed by atoms with Crippen molar-refractivity contribution < 1.29 is 18.6 Å². The van der Waals surface area contributed by atoms with Gasteiger partial charge in [-0.05, 0) is 98.7 Å². The van der Waals surface area contributed by atoms with Crippen molar-refractivity contribution in [2.24, 2.45) is 22.9 Å². The van der Waals surface area contributed by atoms with Gasteiger partial charge in [0.15, 0.2) is 0 Å². The lowest BCUT2D eigenvalue weighted by Gasteiger charge is -2.48. The van der Waals surface area contributed by atoms with Crippen LogP contribution < -0.4 is 14.4 Å². The monoisotopic (exact) mass is 668 g/mol. The maximum Gasteiger partial charge on any atom is 0.263 e. The SMILES string of the molecule is CCCc1cc(Cl)ccc1C1COc2ccc3cc2N(C1)CC1CCC1[C@@]1(CCCC(C)C(C)S(=O)NC3=O)CC(N(C)C)=NO1. The van der Waals surface area contributed by atoms with Gasteiger partial charge in [-0.15, -0.1) is 0 Å². The van der Waals surface area contributed by atoms with Gasteiger partial charge in [-0.2, -0.15) is 0 Å². The van der Waals surface area contributed by atoms with Gasteiger partial charge in [-0.3, -0.25) is 9.52 Å². The van der Waals surface area contributed by atoms with Gasteiger partial charge < -0.3 is 19.4 Å². The first-order valence-corrected chi connectivity index (χ1v) is 18.6. The standard InChI is InChI=1S/C36H49ClN4O4S/c1-6-8-25-17-29(37)12-13-30(25)28-21-41-20-27-10-14-31(27)36(19-34(38-45-36)40(4)5)16-7-9-23(2)24(3)46(43)39-35(42)26-11-15-33(44-22-28)32(41)18-26/h11-13,15,17-18,23-24,27-28,31H,6-10,14,16,19-22H2,1-5H3,(H,39,42)/t23?,24?,27?,28?,31?,36-,46?/m1/s1. The van der Waals surface area contributed by atoms with Crippen LogP contribution in [0.5, 0.6) is 5.75 Å². The molecule has 4 aliphatic rings. The first kappa shape index (κ1) is 33.1. The third-order valence-electron chi connectivity index (χ3n) is 11.0. The summed E-state index contributed by atoms with van der Waals surface area (Å²) in [5, 5.41) is 5.18. The van der Waals surface area contributed by atoms with Crippen molar-refractivity contribution in [2.75, 3.05) is 38.7 Å². The maximum absolute atomic E-state index is 13.5. The molecule has 1 aliphatic carbocycles. The van der Waals surface area contributed by atoms with E-state index in [2.05, 4.69) is 45.7 Å². The molecule has 0 saturated heterocycles. The van der Waals surface area contributed by atoms with Crippen molar-refractivity contribution in [1.29, 1.82) is 0 Å². The second-order valence-corrected chi connectivity index (χ2v) is 16.1. The van der Waals surface area contributed by atoms with Crippen LogP contribution in [-0.2, 0) is 22.2 Å². The number of amidine groups is 1. The van der Waals surface area contributed by atoms with E-state index in [1.165, 1.54) is 11.1 Å². The first-order valence-electron chi connectivity index (χ1n) is 17.0. The number of halogens is 1. The van der Waals surface area contributed by atoms with Crippen LogP contribution in [0.2, 0.25) is 5.02 Å². The number of ether oxygens (including phenoxy) is 1. The number of aryl methyl sites for hydroxylation is 1. The second-order valence-electron chi connectivity index (χ2n) is 14.2. The molecule has 1 saturated carbocycles. The molecule has 0 aromatic heterocycles. The van der Waals surface area contributed by atoms with Crippen LogP contribution in [0.15, 0.2) is 41.6 Å². The zero-order chi connectivity index (χ0) is 32.6. The van der Waals surface area contributed by atoms with Crippen LogP contribution in [0, 0.1) is 17.8 Å². The predicted octanol–water partition coefficient (Wildman–Crippen LogP) is 6.94. The Kier molecular flexibility index (Phi) is 9.91. The Labute approximate surface area is 281 Å². The number of carbonyl (C=O) groups is 1. The largest absolute Gasteiger partial charge is 0.491 e. The summed E-state index contributed by atoms with van der Waals surface area (Å²) in [5.74, 6) is 2.54. The molecule has 7 atom stereocenters. The van der Waals surface area contributed by atoms with Crippen molar-refractivity contribution in [3.05, 3.63) is 58.1 Å². The van der Waals surface area contributed by atoms with E-state index in [4.69, 9.17) is 21.2 Å². The van der Waals surface area contributed by atoms with Gasteiger partial charge in [0.2, 0.25) is 0 Å². The molecule has 1 amide bonds. The number of hydrogen-bond donors (Lipinski definition) is 1. The molecule has 10 heteroatoms. The molecule has 2 aromatic rings. The lowest BCUT2D eigenvalue weighted by molar-refractivity contribution is -0.118. The molecular weight excluding hydrogens is 620 g/mol. The number of nitrogens with one attached hydrogen (secondary N) is 1. The lowest BCUT2D eigenvalue weighted by Crippen LogP contribution is -2.51. The zero-order valence-corrected chi connectivity index (χ0v) is 29.5. The summed E-state index contributed by atoms with van der Waals surface area (Å²) in [6.45, 7) is 8.42. The fraction of sp³-hybridized carbons (Fsp3) is 0.611. The molecule has 3 aliphatic heterocycles. The Bertz CT molecular complexity index is 1500. The number of anilines is 1. The van der Waals surface area contributed by atoms with Crippen molar-refractivity contribution in [1.82, 2.24) is 9.62 Å². The van der Waals surface area contributed by atoms with Crippen LogP contribution in [0.4, 0.5) is 5.69 Å². The topological polar surface area (TPSA) is 83.5 Å². The van der Waals surface area contributed by atoms with Gasteiger partial charge >= 0.3 is 0 Å². The predicted molar refractivity (Wildman–Crippen MR) is 186 cm³/mol. The van der Waals surface area contributed by atoms with Crippen LogP contribution in [0.1, 0.15) is 93.1 Å². The minimum absolute atomic E-state index is 0.128. The first-order chi connectivity index (χ1) is 22.1. The molecule has 2 aromatic carbocycles. The average molecular weight is 669 g/mol. The van der Waals surface area contributed by atoms with Gasteiger partial charge in [0.25, 0.3) is 5.91 Å². The number of fused-ring (bicyclic) bond motifs is 3. The summed E-state index contributed by atoms with van der Waals surface area (Å²) < 4.78 is 22.7. The Hall–Kier alpha value is -2.78. The highest BCUT2D eigenvalue weighted by atomic mass is 35.5. The highest BCUT2D eigenvalue weighted by molar-refractivity contribution is 7.84. The molecule has 1 spiro atoms. The Morgan fingerprint density at radius 2 is 1.96 bits per heavy atom. The van der Waals surface area contributed by atoms with Gasteiger partial charge in [-0.25, -0.2) is 4.21 Å². The summed E-state index contributed by atoms with van der Waals surface area (Å²) in [6.07, 6.45) is 7.80. The summed E-state index contributed by atoms with van der Waals surface area (Å²) in [5.41, 5.74) is 3.61. The molecule has 0 radical (unpaired) electrons. The van der Waals surface area contributed by atoms with Gasteiger partial charge in [0, 0.05) is 49.6 Å². The van der Waals surface area contributed by atoms with Crippen LogP contribution in [0.25, 0.3) is 0 Å². The molecule has 2 bridgehead atoms. The lowest BCUT2D eigenvalue weighted by atomic mass is 9.62. The van der Waals surface area contributed by atoms with E-state index < -0.39 is 11.0 Å². The quantitative estimate of drug-likeness (QED) is 0.382. The third kappa shape index (κ3) is 6.64. The van der Waals surface area contributed by atoms with Crippen molar-refractivity contribution in [3.63, 3.8) is 0 Å². The van der Waals surface area contributed by atoms with E-state index in [0.29, 0.717) is 24.0 Å². The normalized spacial score (nSPS) is 31.5. The molecule has 3 heterocycles. The van der Waals surface area contributed by atoms with E-state index in [1.54, 1.807) is 6.07 Å². The summed E-state index contributed by atoms with van der Waals surface area (Å²) in [6, 6.07) is 11.9. The molecule has 250 valence electrons. The minimum atomic E-state index is -1.51. The highest BCUT2D eigenvalue weighted by Gasteiger charge is 2.53. The number of amides is 1. The van der Waals surface area contributed by atoms with E-state index in [0.717, 1.165) is 86.8 Å². The van der Waals surface area contributed by atoms with E-state index >= 15 is 0 Å². The maximum atomic E-state index is 13.5. The third-order valence-corrected chi connectivity index (χ3v) is 12.7. The number of nitrogens with zero attached hydrogens (tertiary/aromatic N) is 3. The van der Waals surface area contributed by atoms with Crippen LogP contribution in [0.3, 0.4) is 0 Å². The molecule has 6 rings (SSSR count). The number of carbonyl (C=O) groups excluding carboxylic acids is 1. The fourth-order valence-corrected chi connectivity index (χ4v) is 9.10. The Morgan fingerprint density at radius 1 is 1.13 bits per heavy atom. The molecular formula is C36H49ClN4O4S. The molecule has 1 N–H and O–H groups in total. The number of benzene rings is 2. The molecule has 6 unspecified atom stereocenters. The summed E-state index contributed by atoms with van der Waals surface area (Å²) in [7, 11) is 2.57. The van der Waals surface area contributed by atoms with Crippen LogP contribution in [-0.4, -0.2) is 65.5 Å². The van der Waals surface area contributed by atoms with Crippen molar-refractivity contribution in [3.8, 4) is 5.75 Å². The smallest absolute Gasteiger partial charge is 0.263 e. The van der Waals surface area contributed by atoms with Gasteiger partial charge in [0.05, 0.1) is 24.0 Å². The summed E-state index contributed by atoms with van der Waals surface area (Å²) >= 11 is 6.46. The minimum Gasteiger partial charge on any atom is -0.491 e. The Morgan fingerprint density at radius 3 is 2.67 bits per heavy atom. The van der Waals surface area contributed by atoms with E-state index in [-0.39, 0.29) is 28.6 Å².